The lowest BCUT2D eigenvalue weighted by atomic mass is 10.1. The Labute approximate surface area is 162 Å². The van der Waals surface area contributed by atoms with Gasteiger partial charge < -0.3 is 9.73 Å². The van der Waals surface area contributed by atoms with E-state index >= 15 is 0 Å². The SMILES string of the molecule is Cc1cccc(-c2nnc(S[C@@H](C)C(=O)NC3CC3)n2Cc2ccco2)c1. The number of carbonyl (C=O) groups excluding carboxylic acids is 1. The first kappa shape index (κ1) is 17.9. The average molecular weight is 382 g/mol. The molecule has 0 saturated heterocycles. The number of furan rings is 1. The smallest absolute Gasteiger partial charge is 0.233 e. The Hall–Kier alpha value is -2.54. The summed E-state index contributed by atoms with van der Waals surface area (Å²) in [6.45, 7) is 4.47. The molecule has 4 rings (SSSR count). The van der Waals surface area contributed by atoms with E-state index in [-0.39, 0.29) is 11.2 Å². The molecule has 6 nitrogen and oxygen atoms in total. The van der Waals surface area contributed by atoms with E-state index in [1.54, 1.807) is 6.26 Å². The number of hydrogen-bond donors (Lipinski definition) is 1. The molecule has 0 unspecified atom stereocenters. The number of carbonyl (C=O) groups is 1. The van der Waals surface area contributed by atoms with Gasteiger partial charge in [0.05, 0.1) is 18.1 Å². The molecule has 1 aromatic carbocycles. The van der Waals surface area contributed by atoms with Crippen LogP contribution in [-0.4, -0.2) is 32.0 Å². The molecule has 2 aromatic heterocycles. The van der Waals surface area contributed by atoms with Crippen molar-refractivity contribution in [3.63, 3.8) is 0 Å². The van der Waals surface area contributed by atoms with Crippen molar-refractivity contribution >= 4 is 17.7 Å². The van der Waals surface area contributed by atoms with Crippen LogP contribution in [-0.2, 0) is 11.3 Å². The van der Waals surface area contributed by atoms with Crippen LogP contribution in [0.2, 0.25) is 0 Å². The number of amides is 1. The van der Waals surface area contributed by atoms with E-state index in [4.69, 9.17) is 4.42 Å². The predicted octanol–water partition coefficient (Wildman–Crippen LogP) is 3.65. The number of aromatic nitrogens is 3. The first-order valence-corrected chi connectivity index (χ1v) is 9.98. The number of nitrogens with zero attached hydrogens (tertiary/aromatic N) is 3. The van der Waals surface area contributed by atoms with Gasteiger partial charge in [-0.2, -0.15) is 0 Å². The number of aryl methyl sites for hydroxylation is 1. The van der Waals surface area contributed by atoms with Gasteiger partial charge in [0, 0.05) is 11.6 Å². The number of benzene rings is 1. The van der Waals surface area contributed by atoms with Gasteiger partial charge in [-0.1, -0.05) is 35.5 Å². The van der Waals surface area contributed by atoms with E-state index in [0.717, 1.165) is 35.6 Å². The highest BCUT2D eigenvalue weighted by atomic mass is 32.2. The molecule has 27 heavy (non-hydrogen) atoms. The molecular weight excluding hydrogens is 360 g/mol. The summed E-state index contributed by atoms with van der Waals surface area (Å²) in [5.74, 6) is 1.64. The van der Waals surface area contributed by atoms with Crippen molar-refractivity contribution in [2.45, 2.75) is 49.7 Å². The Kier molecular flexibility index (Phi) is 5.03. The maximum atomic E-state index is 12.3. The van der Waals surface area contributed by atoms with Gasteiger partial charge in [-0.05, 0) is 44.9 Å². The van der Waals surface area contributed by atoms with E-state index in [1.165, 1.54) is 11.8 Å². The monoisotopic (exact) mass is 382 g/mol. The summed E-state index contributed by atoms with van der Waals surface area (Å²) in [7, 11) is 0. The Bertz CT molecular complexity index is 931. The first-order chi connectivity index (χ1) is 13.1. The molecule has 1 fully saturated rings. The molecule has 1 amide bonds. The van der Waals surface area contributed by atoms with Crippen molar-refractivity contribution in [1.82, 2.24) is 20.1 Å². The fraction of sp³-hybridized carbons (Fsp3) is 0.350. The molecule has 140 valence electrons. The fourth-order valence-electron chi connectivity index (χ4n) is 2.83. The third kappa shape index (κ3) is 4.24. The van der Waals surface area contributed by atoms with Crippen LogP contribution < -0.4 is 5.32 Å². The molecule has 1 N–H and O–H groups in total. The number of thioether (sulfide) groups is 1. The lowest BCUT2D eigenvalue weighted by Gasteiger charge is -2.13. The third-order valence-electron chi connectivity index (χ3n) is 4.46. The molecule has 0 spiro atoms. The highest BCUT2D eigenvalue weighted by molar-refractivity contribution is 8.00. The molecule has 1 atom stereocenters. The van der Waals surface area contributed by atoms with Gasteiger partial charge in [-0.3, -0.25) is 9.36 Å². The molecule has 0 bridgehead atoms. The minimum Gasteiger partial charge on any atom is -0.467 e. The summed E-state index contributed by atoms with van der Waals surface area (Å²) in [5.41, 5.74) is 2.16. The summed E-state index contributed by atoms with van der Waals surface area (Å²) >= 11 is 1.43. The minimum absolute atomic E-state index is 0.0483. The van der Waals surface area contributed by atoms with Gasteiger partial charge in [0.15, 0.2) is 11.0 Å². The van der Waals surface area contributed by atoms with Crippen LogP contribution in [0.1, 0.15) is 31.1 Å². The minimum atomic E-state index is -0.240. The Morgan fingerprint density at radius 1 is 1.33 bits per heavy atom. The van der Waals surface area contributed by atoms with Crippen LogP contribution in [0.25, 0.3) is 11.4 Å². The molecule has 0 aliphatic heterocycles. The van der Waals surface area contributed by atoms with E-state index in [2.05, 4.69) is 34.6 Å². The zero-order chi connectivity index (χ0) is 18.8. The summed E-state index contributed by atoms with van der Waals surface area (Å²) in [6.07, 6.45) is 3.81. The summed E-state index contributed by atoms with van der Waals surface area (Å²) < 4.78 is 7.54. The van der Waals surface area contributed by atoms with Gasteiger partial charge >= 0.3 is 0 Å². The van der Waals surface area contributed by atoms with Gasteiger partial charge in [-0.25, -0.2) is 0 Å². The second-order valence-corrected chi connectivity index (χ2v) is 8.19. The standard InChI is InChI=1S/C20H22N4O2S/c1-13-5-3-6-15(11-13)18-22-23-20(24(18)12-17-7-4-10-26-17)27-14(2)19(25)21-16-8-9-16/h3-7,10-11,14,16H,8-9,12H2,1-2H3,(H,21,25)/t14-/m0/s1. The highest BCUT2D eigenvalue weighted by Gasteiger charge is 2.27. The van der Waals surface area contributed by atoms with Crippen molar-refractivity contribution in [1.29, 1.82) is 0 Å². The Morgan fingerprint density at radius 2 is 2.19 bits per heavy atom. The second-order valence-electron chi connectivity index (χ2n) is 6.88. The summed E-state index contributed by atoms with van der Waals surface area (Å²) in [4.78, 5) is 12.3. The van der Waals surface area contributed by atoms with Crippen molar-refractivity contribution in [3.05, 3.63) is 54.0 Å². The fourth-order valence-corrected chi connectivity index (χ4v) is 3.69. The van der Waals surface area contributed by atoms with Crippen molar-refractivity contribution in [3.8, 4) is 11.4 Å². The predicted molar refractivity (Wildman–Crippen MR) is 104 cm³/mol. The molecule has 7 heteroatoms. The van der Waals surface area contributed by atoms with Crippen LogP contribution in [0.4, 0.5) is 0 Å². The zero-order valence-corrected chi connectivity index (χ0v) is 16.2. The topological polar surface area (TPSA) is 73.0 Å². The van der Waals surface area contributed by atoms with Gasteiger partial charge in [0.2, 0.25) is 5.91 Å². The average Bonchev–Trinajstić information content (AvgIpc) is 3.15. The number of rotatable bonds is 7. The van der Waals surface area contributed by atoms with Crippen molar-refractivity contribution < 1.29 is 9.21 Å². The molecule has 0 radical (unpaired) electrons. The first-order valence-electron chi connectivity index (χ1n) is 9.10. The summed E-state index contributed by atoms with van der Waals surface area (Å²) in [6, 6.07) is 12.3. The second kappa shape index (κ2) is 7.60. The van der Waals surface area contributed by atoms with Crippen LogP contribution in [0.15, 0.2) is 52.2 Å². The van der Waals surface area contributed by atoms with Crippen molar-refractivity contribution in [2.24, 2.45) is 0 Å². The molecule has 3 aromatic rings. The van der Waals surface area contributed by atoms with Gasteiger partial charge in [0.25, 0.3) is 0 Å². The largest absolute Gasteiger partial charge is 0.467 e. The van der Waals surface area contributed by atoms with Crippen LogP contribution in [0.5, 0.6) is 0 Å². The normalized spacial score (nSPS) is 14.9. The van der Waals surface area contributed by atoms with Gasteiger partial charge in [0.1, 0.15) is 5.76 Å². The van der Waals surface area contributed by atoms with Crippen LogP contribution >= 0.6 is 11.8 Å². The lowest BCUT2D eigenvalue weighted by molar-refractivity contribution is -0.120. The Balaban J connectivity index is 1.63. The highest BCUT2D eigenvalue weighted by Crippen LogP contribution is 2.29. The lowest BCUT2D eigenvalue weighted by Crippen LogP contribution is -2.32. The van der Waals surface area contributed by atoms with E-state index < -0.39 is 0 Å². The zero-order valence-electron chi connectivity index (χ0n) is 15.4. The van der Waals surface area contributed by atoms with E-state index in [1.807, 2.05) is 35.8 Å². The molecule has 1 aliphatic rings. The summed E-state index contributed by atoms with van der Waals surface area (Å²) in [5, 5.41) is 12.3. The van der Waals surface area contributed by atoms with Gasteiger partial charge in [-0.15, -0.1) is 10.2 Å². The maximum Gasteiger partial charge on any atom is 0.233 e. The molecule has 2 heterocycles. The molecular formula is C20H22N4O2S. The van der Waals surface area contributed by atoms with Crippen molar-refractivity contribution in [2.75, 3.05) is 0 Å². The molecule has 1 aliphatic carbocycles. The van der Waals surface area contributed by atoms with Crippen LogP contribution in [0, 0.1) is 6.92 Å². The number of nitrogens with one attached hydrogen (secondary N) is 1. The third-order valence-corrected chi connectivity index (χ3v) is 5.54. The Morgan fingerprint density at radius 3 is 2.89 bits per heavy atom. The number of hydrogen-bond acceptors (Lipinski definition) is 5. The van der Waals surface area contributed by atoms with E-state index in [9.17, 15) is 4.79 Å². The van der Waals surface area contributed by atoms with Crippen LogP contribution in [0.3, 0.4) is 0 Å². The quantitative estimate of drug-likeness (QED) is 0.632. The van der Waals surface area contributed by atoms with E-state index in [0.29, 0.717) is 17.7 Å². The molecule has 1 saturated carbocycles. The maximum absolute atomic E-state index is 12.3.